The molecule has 6 heteroatoms. The summed E-state index contributed by atoms with van der Waals surface area (Å²) in [4.78, 5) is 18.7. The normalized spacial score (nSPS) is 13.3. The Labute approximate surface area is 177 Å². The number of hydrogen-bond donors (Lipinski definition) is 1. The molecule has 1 aliphatic rings. The van der Waals surface area contributed by atoms with Crippen molar-refractivity contribution in [1.29, 1.82) is 0 Å². The van der Waals surface area contributed by atoms with Crippen LogP contribution in [0.25, 0.3) is 22.2 Å². The lowest BCUT2D eigenvalue weighted by Crippen LogP contribution is -2.26. The Hall–Kier alpha value is -3.80. The first-order valence-electron chi connectivity index (χ1n) is 10.0. The predicted octanol–water partition coefficient (Wildman–Crippen LogP) is 5.96. The number of benzene rings is 3. The van der Waals surface area contributed by atoms with E-state index in [4.69, 9.17) is 4.98 Å². The van der Waals surface area contributed by atoms with E-state index in [0.29, 0.717) is 28.8 Å². The lowest BCUT2D eigenvalue weighted by Gasteiger charge is -2.33. The second kappa shape index (κ2) is 7.47. The van der Waals surface area contributed by atoms with Gasteiger partial charge in [0.15, 0.2) is 0 Å². The van der Waals surface area contributed by atoms with Gasteiger partial charge < -0.3 is 10.0 Å². The van der Waals surface area contributed by atoms with Crippen LogP contribution in [0.1, 0.15) is 22.3 Å². The molecule has 31 heavy (non-hydrogen) atoms. The minimum atomic E-state index is -1.03. The van der Waals surface area contributed by atoms with Crippen molar-refractivity contribution in [1.82, 2.24) is 4.98 Å². The molecule has 0 radical (unpaired) electrons. The Bertz CT molecular complexity index is 1320. The quantitative estimate of drug-likeness (QED) is 0.448. The Morgan fingerprint density at radius 3 is 2.48 bits per heavy atom. The maximum absolute atomic E-state index is 13.8. The number of anilines is 2. The number of nitrogens with zero attached hydrogens (tertiary/aromatic N) is 2. The number of carboxylic acid groups (broad SMARTS) is 1. The first kappa shape index (κ1) is 19.2. The monoisotopic (exact) mass is 416 g/mol. The molecule has 0 atom stereocenters. The zero-order valence-electron chi connectivity index (χ0n) is 16.5. The van der Waals surface area contributed by atoms with Gasteiger partial charge in [0.1, 0.15) is 11.6 Å². The van der Waals surface area contributed by atoms with Gasteiger partial charge in [-0.2, -0.15) is 0 Å². The first-order valence-corrected chi connectivity index (χ1v) is 10.0. The highest BCUT2D eigenvalue weighted by Crippen LogP contribution is 2.40. The van der Waals surface area contributed by atoms with Crippen LogP contribution >= 0.6 is 0 Å². The molecular formula is C25H18F2N2O2. The fourth-order valence-electron chi connectivity index (χ4n) is 4.23. The molecule has 0 saturated carbocycles. The van der Waals surface area contributed by atoms with Gasteiger partial charge in [-0.1, -0.05) is 0 Å². The molecule has 1 aromatic heterocycles. The number of rotatable bonds is 3. The largest absolute Gasteiger partial charge is 0.478 e. The number of fused-ring (bicyclic) bond motifs is 2. The van der Waals surface area contributed by atoms with Gasteiger partial charge >= 0.3 is 5.97 Å². The van der Waals surface area contributed by atoms with Crippen LogP contribution in [0.15, 0.2) is 66.7 Å². The molecule has 3 aromatic carbocycles. The molecule has 4 nitrogen and oxygen atoms in total. The molecule has 0 fully saturated rings. The molecule has 154 valence electrons. The number of aromatic nitrogens is 1. The number of hydrogen-bond acceptors (Lipinski definition) is 3. The number of carboxylic acids is 1. The number of carbonyl (C=O) groups is 1. The van der Waals surface area contributed by atoms with Crippen LogP contribution in [0.3, 0.4) is 0 Å². The number of halogens is 2. The van der Waals surface area contributed by atoms with Crippen molar-refractivity contribution in [2.75, 3.05) is 11.4 Å². The van der Waals surface area contributed by atoms with Crippen LogP contribution in [0, 0.1) is 11.6 Å². The number of pyridine rings is 1. The molecule has 2 heterocycles. The molecule has 1 aliphatic heterocycles. The average Bonchev–Trinajstić information content (AvgIpc) is 2.77. The van der Waals surface area contributed by atoms with Crippen LogP contribution in [0.4, 0.5) is 20.2 Å². The molecule has 0 spiro atoms. The van der Waals surface area contributed by atoms with Crippen LogP contribution in [-0.4, -0.2) is 22.6 Å². The van der Waals surface area contributed by atoms with Crippen molar-refractivity contribution < 1.29 is 18.7 Å². The van der Waals surface area contributed by atoms with E-state index >= 15 is 0 Å². The highest BCUT2D eigenvalue weighted by molar-refractivity contribution is 6.07. The van der Waals surface area contributed by atoms with E-state index in [9.17, 15) is 18.7 Å². The minimum Gasteiger partial charge on any atom is -0.478 e. The van der Waals surface area contributed by atoms with Crippen molar-refractivity contribution >= 4 is 28.2 Å². The summed E-state index contributed by atoms with van der Waals surface area (Å²) in [6.07, 6.45) is 1.52. The summed E-state index contributed by atoms with van der Waals surface area (Å²) < 4.78 is 27.0. The van der Waals surface area contributed by atoms with Crippen LogP contribution < -0.4 is 4.90 Å². The summed E-state index contributed by atoms with van der Waals surface area (Å²) >= 11 is 0. The Morgan fingerprint density at radius 2 is 1.71 bits per heavy atom. The minimum absolute atomic E-state index is 0.168. The van der Waals surface area contributed by atoms with E-state index in [2.05, 4.69) is 0 Å². The van der Waals surface area contributed by atoms with Crippen molar-refractivity contribution in [2.45, 2.75) is 12.8 Å². The Morgan fingerprint density at radius 1 is 0.935 bits per heavy atom. The zero-order chi connectivity index (χ0) is 21.5. The van der Waals surface area contributed by atoms with Crippen LogP contribution in [-0.2, 0) is 6.42 Å². The standard InChI is InChI=1S/C25H18F2N2O2/c26-17-5-3-15(4-6-17)21-10-8-19-22(28-21)11-9-20(25(30)31)24(19)29-13-1-2-16-14-18(27)7-12-23(16)29/h3-12,14H,1-2,13H2,(H,30,31). The Balaban J connectivity index is 1.71. The summed E-state index contributed by atoms with van der Waals surface area (Å²) in [6, 6.07) is 17.6. The molecule has 4 aromatic rings. The molecule has 0 aliphatic carbocycles. The Kier molecular flexibility index (Phi) is 4.62. The summed E-state index contributed by atoms with van der Waals surface area (Å²) in [5.41, 5.74) is 4.46. The topological polar surface area (TPSA) is 53.4 Å². The second-order valence-electron chi connectivity index (χ2n) is 7.57. The number of aryl methyl sites for hydroxylation is 1. The molecule has 1 N–H and O–H groups in total. The van der Waals surface area contributed by atoms with Gasteiger partial charge in [-0.3, -0.25) is 0 Å². The predicted molar refractivity (Wildman–Crippen MR) is 116 cm³/mol. The third-order valence-electron chi connectivity index (χ3n) is 5.64. The van der Waals surface area contributed by atoms with Gasteiger partial charge in [-0.05, 0) is 85.1 Å². The van der Waals surface area contributed by atoms with E-state index in [1.54, 1.807) is 36.4 Å². The van der Waals surface area contributed by atoms with E-state index in [1.165, 1.54) is 24.3 Å². The van der Waals surface area contributed by atoms with E-state index in [-0.39, 0.29) is 17.2 Å². The fourth-order valence-corrected chi connectivity index (χ4v) is 4.23. The van der Waals surface area contributed by atoms with Gasteiger partial charge in [-0.15, -0.1) is 0 Å². The maximum atomic E-state index is 13.8. The average molecular weight is 416 g/mol. The maximum Gasteiger partial charge on any atom is 0.337 e. The summed E-state index contributed by atoms with van der Waals surface area (Å²) in [5, 5.41) is 10.6. The first-order chi connectivity index (χ1) is 15.0. The van der Waals surface area contributed by atoms with Crippen molar-refractivity contribution in [3.05, 3.63) is 89.5 Å². The lowest BCUT2D eigenvalue weighted by molar-refractivity contribution is 0.0698. The van der Waals surface area contributed by atoms with Crippen molar-refractivity contribution in [3.8, 4) is 11.3 Å². The third-order valence-corrected chi connectivity index (χ3v) is 5.64. The lowest BCUT2D eigenvalue weighted by atomic mass is 9.97. The van der Waals surface area contributed by atoms with Gasteiger partial charge in [0, 0.05) is 23.2 Å². The van der Waals surface area contributed by atoms with Gasteiger partial charge in [0.25, 0.3) is 0 Å². The van der Waals surface area contributed by atoms with Crippen LogP contribution in [0.2, 0.25) is 0 Å². The highest BCUT2D eigenvalue weighted by atomic mass is 19.1. The fraction of sp³-hybridized carbons (Fsp3) is 0.120. The van der Waals surface area contributed by atoms with E-state index in [0.717, 1.165) is 29.7 Å². The SMILES string of the molecule is O=C(O)c1ccc2nc(-c3ccc(F)cc3)ccc2c1N1CCCc2cc(F)ccc21. The summed E-state index contributed by atoms with van der Waals surface area (Å²) in [5.74, 6) is -1.66. The van der Waals surface area contributed by atoms with Gasteiger partial charge in [0.2, 0.25) is 0 Å². The number of aromatic carboxylic acids is 1. The smallest absolute Gasteiger partial charge is 0.337 e. The molecular weight excluding hydrogens is 398 g/mol. The van der Waals surface area contributed by atoms with Gasteiger partial charge in [0.05, 0.1) is 22.5 Å². The molecule has 0 unspecified atom stereocenters. The summed E-state index contributed by atoms with van der Waals surface area (Å²) in [6.45, 7) is 0.623. The molecule has 0 amide bonds. The van der Waals surface area contributed by atoms with Crippen molar-refractivity contribution in [2.24, 2.45) is 0 Å². The van der Waals surface area contributed by atoms with Crippen LogP contribution in [0.5, 0.6) is 0 Å². The zero-order valence-corrected chi connectivity index (χ0v) is 16.5. The van der Waals surface area contributed by atoms with E-state index < -0.39 is 5.97 Å². The second-order valence-corrected chi connectivity index (χ2v) is 7.57. The molecule has 0 saturated heterocycles. The summed E-state index contributed by atoms with van der Waals surface area (Å²) in [7, 11) is 0. The molecule has 0 bridgehead atoms. The third kappa shape index (κ3) is 3.40. The van der Waals surface area contributed by atoms with Crippen molar-refractivity contribution in [3.63, 3.8) is 0 Å². The highest BCUT2D eigenvalue weighted by Gasteiger charge is 2.25. The van der Waals surface area contributed by atoms with Gasteiger partial charge in [-0.25, -0.2) is 18.6 Å². The molecule has 5 rings (SSSR count). The van der Waals surface area contributed by atoms with E-state index in [1.807, 2.05) is 11.0 Å².